The van der Waals surface area contributed by atoms with Crippen molar-refractivity contribution >= 4 is 23.4 Å². The van der Waals surface area contributed by atoms with Gasteiger partial charge < -0.3 is 15.4 Å². The van der Waals surface area contributed by atoms with Crippen LogP contribution < -0.4 is 10.6 Å². The first kappa shape index (κ1) is 19.0. The number of ether oxygens (including phenoxy) is 1. The highest BCUT2D eigenvalue weighted by Crippen LogP contribution is 2.17. The van der Waals surface area contributed by atoms with Gasteiger partial charge in [0.15, 0.2) is 0 Å². The summed E-state index contributed by atoms with van der Waals surface area (Å²) in [7, 11) is 1.31. The van der Waals surface area contributed by atoms with Gasteiger partial charge in [0.1, 0.15) is 23.7 Å². The molecule has 0 aliphatic heterocycles. The van der Waals surface area contributed by atoms with E-state index in [2.05, 4.69) is 20.6 Å². The normalized spacial score (nSPS) is 10.2. The highest BCUT2D eigenvalue weighted by molar-refractivity contribution is 5.93. The van der Waals surface area contributed by atoms with Crippen molar-refractivity contribution in [2.45, 2.75) is 6.54 Å². The molecule has 0 radical (unpaired) electrons. The Morgan fingerprint density at radius 2 is 1.86 bits per heavy atom. The molecule has 3 rings (SSSR count). The topological polar surface area (TPSA) is 93.2 Å². The van der Waals surface area contributed by atoms with Gasteiger partial charge in [-0.3, -0.25) is 4.79 Å². The molecule has 0 bridgehead atoms. The third kappa shape index (κ3) is 4.88. The van der Waals surface area contributed by atoms with E-state index in [0.717, 1.165) is 5.56 Å². The number of hydrogen-bond donors (Lipinski definition) is 2. The highest BCUT2D eigenvalue weighted by atomic mass is 19.1. The van der Waals surface area contributed by atoms with Gasteiger partial charge in [-0.1, -0.05) is 18.2 Å². The van der Waals surface area contributed by atoms with Crippen LogP contribution in [0.5, 0.6) is 0 Å². The standard InChI is InChI=1S/C20H17FN4O3/c1-28-20(27)14-3-2-4-16(9-14)25-18-10-17(23-12-24-18)19(26)22-11-13-5-7-15(21)8-6-13/h2-10,12H,11H2,1H3,(H,22,26)(H,23,24,25). The molecule has 0 unspecified atom stereocenters. The summed E-state index contributed by atoms with van der Waals surface area (Å²) in [5.41, 5.74) is 1.93. The lowest BCUT2D eigenvalue weighted by atomic mass is 10.2. The minimum Gasteiger partial charge on any atom is -0.465 e. The fraction of sp³-hybridized carbons (Fsp3) is 0.100. The first-order chi connectivity index (χ1) is 13.5. The SMILES string of the molecule is COC(=O)c1cccc(Nc2cc(C(=O)NCc3ccc(F)cc3)ncn2)c1. The Balaban J connectivity index is 1.67. The van der Waals surface area contributed by atoms with E-state index in [9.17, 15) is 14.0 Å². The maximum Gasteiger partial charge on any atom is 0.337 e. The second kappa shape index (κ2) is 8.72. The zero-order valence-corrected chi connectivity index (χ0v) is 15.0. The van der Waals surface area contributed by atoms with Gasteiger partial charge in [0, 0.05) is 18.3 Å². The third-order valence-corrected chi connectivity index (χ3v) is 3.82. The number of anilines is 2. The van der Waals surface area contributed by atoms with E-state index in [-0.39, 0.29) is 18.1 Å². The van der Waals surface area contributed by atoms with Crippen LogP contribution in [0.15, 0.2) is 60.9 Å². The molecule has 142 valence electrons. The average Bonchev–Trinajstić information content (AvgIpc) is 2.73. The lowest BCUT2D eigenvalue weighted by Gasteiger charge is -2.09. The van der Waals surface area contributed by atoms with Gasteiger partial charge in [-0.05, 0) is 35.9 Å². The molecular formula is C20H17FN4O3. The fourth-order valence-corrected chi connectivity index (χ4v) is 2.41. The van der Waals surface area contributed by atoms with Crippen molar-refractivity contribution in [3.8, 4) is 0 Å². The minimum atomic E-state index is -0.452. The molecule has 0 spiro atoms. The van der Waals surface area contributed by atoms with Crippen molar-refractivity contribution in [2.75, 3.05) is 12.4 Å². The fourth-order valence-electron chi connectivity index (χ4n) is 2.41. The monoisotopic (exact) mass is 380 g/mol. The molecule has 0 fully saturated rings. The molecule has 0 saturated carbocycles. The van der Waals surface area contributed by atoms with E-state index in [0.29, 0.717) is 17.1 Å². The van der Waals surface area contributed by atoms with Crippen molar-refractivity contribution < 1.29 is 18.7 Å². The van der Waals surface area contributed by atoms with Gasteiger partial charge in [-0.25, -0.2) is 19.2 Å². The van der Waals surface area contributed by atoms with Crippen LogP contribution in [0.2, 0.25) is 0 Å². The van der Waals surface area contributed by atoms with E-state index in [1.54, 1.807) is 36.4 Å². The molecule has 0 atom stereocenters. The molecule has 7 nitrogen and oxygen atoms in total. The lowest BCUT2D eigenvalue weighted by molar-refractivity contribution is 0.0600. The molecule has 1 aromatic heterocycles. The summed E-state index contributed by atoms with van der Waals surface area (Å²) in [4.78, 5) is 32.0. The van der Waals surface area contributed by atoms with Crippen LogP contribution in [-0.2, 0) is 11.3 Å². The first-order valence-corrected chi connectivity index (χ1v) is 8.35. The lowest BCUT2D eigenvalue weighted by Crippen LogP contribution is -2.24. The van der Waals surface area contributed by atoms with Crippen molar-refractivity contribution in [2.24, 2.45) is 0 Å². The predicted molar refractivity (Wildman–Crippen MR) is 101 cm³/mol. The number of methoxy groups -OCH3 is 1. The molecule has 2 N–H and O–H groups in total. The van der Waals surface area contributed by atoms with Gasteiger partial charge >= 0.3 is 5.97 Å². The number of nitrogens with zero attached hydrogens (tertiary/aromatic N) is 2. The minimum absolute atomic E-state index is 0.170. The molecule has 2 aromatic carbocycles. The van der Waals surface area contributed by atoms with Crippen molar-refractivity contribution in [3.05, 3.63) is 83.6 Å². The summed E-state index contributed by atoms with van der Waals surface area (Å²) in [6, 6.07) is 14.0. The summed E-state index contributed by atoms with van der Waals surface area (Å²) in [6.07, 6.45) is 1.26. The van der Waals surface area contributed by atoms with Gasteiger partial charge in [-0.2, -0.15) is 0 Å². The van der Waals surface area contributed by atoms with E-state index < -0.39 is 11.9 Å². The molecule has 3 aromatic rings. The maximum absolute atomic E-state index is 12.9. The van der Waals surface area contributed by atoms with E-state index in [4.69, 9.17) is 4.74 Å². The predicted octanol–water partition coefficient (Wildman–Crippen LogP) is 3.08. The second-order valence-electron chi connectivity index (χ2n) is 5.80. The van der Waals surface area contributed by atoms with Crippen LogP contribution in [-0.4, -0.2) is 29.0 Å². The quantitative estimate of drug-likeness (QED) is 0.639. The molecule has 0 aliphatic carbocycles. The number of aromatic nitrogens is 2. The molecular weight excluding hydrogens is 363 g/mol. The Morgan fingerprint density at radius 3 is 2.61 bits per heavy atom. The van der Waals surface area contributed by atoms with Gasteiger partial charge in [0.25, 0.3) is 5.91 Å². The smallest absolute Gasteiger partial charge is 0.337 e. The van der Waals surface area contributed by atoms with Crippen LogP contribution in [0.1, 0.15) is 26.4 Å². The summed E-state index contributed by atoms with van der Waals surface area (Å²) in [6.45, 7) is 0.243. The van der Waals surface area contributed by atoms with Gasteiger partial charge in [0.2, 0.25) is 0 Å². The average molecular weight is 380 g/mol. The molecule has 1 heterocycles. The Bertz CT molecular complexity index is 993. The summed E-state index contributed by atoms with van der Waals surface area (Å²) in [5, 5.41) is 5.73. The molecule has 28 heavy (non-hydrogen) atoms. The van der Waals surface area contributed by atoms with E-state index in [1.165, 1.54) is 31.6 Å². The largest absolute Gasteiger partial charge is 0.465 e. The number of benzene rings is 2. The summed E-state index contributed by atoms with van der Waals surface area (Å²) >= 11 is 0. The van der Waals surface area contributed by atoms with E-state index >= 15 is 0 Å². The molecule has 0 aliphatic rings. The Morgan fingerprint density at radius 1 is 1.07 bits per heavy atom. The molecule has 8 heteroatoms. The summed E-state index contributed by atoms with van der Waals surface area (Å²) < 4.78 is 17.6. The number of amides is 1. The number of carbonyl (C=O) groups is 2. The zero-order chi connectivity index (χ0) is 19.9. The number of hydrogen-bond acceptors (Lipinski definition) is 6. The zero-order valence-electron chi connectivity index (χ0n) is 15.0. The molecule has 0 saturated heterocycles. The molecule has 1 amide bonds. The van der Waals surface area contributed by atoms with Crippen LogP contribution in [0.4, 0.5) is 15.9 Å². The highest BCUT2D eigenvalue weighted by Gasteiger charge is 2.10. The number of nitrogens with one attached hydrogen (secondary N) is 2. The third-order valence-electron chi connectivity index (χ3n) is 3.82. The first-order valence-electron chi connectivity index (χ1n) is 8.35. The van der Waals surface area contributed by atoms with Crippen molar-refractivity contribution in [1.82, 2.24) is 15.3 Å². The van der Waals surface area contributed by atoms with E-state index in [1.807, 2.05) is 0 Å². The Labute approximate surface area is 160 Å². The number of carbonyl (C=O) groups excluding carboxylic acids is 2. The van der Waals surface area contributed by atoms with Crippen molar-refractivity contribution in [3.63, 3.8) is 0 Å². The van der Waals surface area contributed by atoms with Crippen LogP contribution in [0, 0.1) is 5.82 Å². The van der Waals surface area contributed by atoms with Crippen molar-refractivity contribution in [1.29, 1.82) is 0 Å². The second-order valence-corrected chi connectivity index (χ2v) is 5.80. The maximum atomic E-state index is 12.9. The Hall–Kier alpha value is -3.81. The summed E-state index contributed by atoms with van der Waals surface area (Å²) in [5.74, 6) is -0.785. The van der Waals surface area contributed by atoms with Crippen LogP contribution >= 0.6 is 0 Å². The Kier molecular flexibility index (Phi) is 5.91. The van der Waals surface area contributed by atoms with Gasteiger partial charge in [0.05, 0.1) is 12.7 Å². The van der Waals surface area contributed by atoms with Gasteiger partial charge in [-0.15, -0.1) is 0 Å². The van der Waals surface area contributed by atoms with Crippen LogP contribution in [0.3, 0.4) is 0 Å². The number of esters is 1. The number of rotatable bonds is 6. The number of halogens is 1. The van der Waals surface area contributed by atoms with Crippen LogP contribution in [0.25, 0.3) is 0 Å².